The van der Waals surface area contributed by atoms with Gasteiger partial charge in [0.1, 0.15) is 0 Å². The van der Waals surface area contributed by atoms with Gasteiger partial charge in [-0.1, -0.05) is 0 Å². The van der Waals surface area contributed by atoms with Crippen LogP contribution in [0.4, 0.5) is 5.69 Å². The monoisotopic (exact) mass is 291 g/mol. The zero-order chi connectivity index (χ0) is 10.0. The van der Waals surface area contributed by atoms with E-state index in [0.29, 0.717) is 11.3 Å². The number of nitrogen functional groups attached to an aromatic ring is 1. The van der Waals surface area contributed by atoms with Crippen molar-refractivity contribution >= 4 is 34.2 Å². The number of nitrogens with two attached hydrogens (primary N) is 1. The first kappa shape index (κ1) is 10.3. The molecular formula is C9H10INO2. The summed E-state index contributed by atoms with van der Waals surface area (Å²) in [6.45, 7) is 1.87. The number of hydrogen-bond acceptors (Lipinski definition) is 3. The number of anilines is 1. The second-order valence-corrected chi connectivity index (χ2v) is 3.83. The Morgan fingerprint density at radius 1 is 1.54 bits per heavy atom. The van der Waals surface area contributed by atoms with E-state index in [1.165, 1.54) is 7.11 Å². The average Bonchev–Trinajstić information content (AvgIpc) is 2.10. The minimum atomic E-state index is -0.345. The summed E-state index contributed by atoms with van der Waals surface area (Å²) in [4.78, 5) is 11.3. The fraction of sp³-hybridized carbons (Fsp3) is 0.222. The number of benzene rings is 1. The van der Waals surface area contributed by atoms with Crippen molar-refractivity contribution < 1.29 is 9.53 Å². The molecule has 0 amide bonds. The molecule has 1 rings (SSSR count). The number of carbonyl (C=O) groups excluding carboxylic acids is 1. The maximum Gasteiger partial charge on any atom is 0.338 e. The molecule has 0 unspecified atom stereocenters. The van der Waals surface area contributed by atoms with Crippen molar-refractivity contribution in [1.82, 2.24) is 0 Å². The van der Waals surface area contributed by atoms with Crippen molar-refractivity contribution in [2.24, 2.45) is 0 Å². The highest BCUT2D eigenvalue weighted by molar-refractivity contribution is 14.1. The number of halogens is 1. The molecule has 0 heterocycles. The highest BCUT2D eigenvalue weighted by Crippen LogP contribution is 2.20. The number of esters is 1. The second kappa shape index (κ2) is 3.95. The number of hydrogen-bond donors (Lipinski definition) is 1. The van der Waals surface area contributed by atoms with Crippen LogP contribution in [0.1, 0.15) is 15.9 Å². The van der Waals surface area contributed by atoms with Crippen LogP contribution >= 0.6 is 22.6 Å². The largest absolute Gasteiger partial charge is 0.465 e. The Bertz CT molecular complexity index is 350. The third-order valence-corrected chi connectivity index (χ3v) is 2.89. The van der Waals surface area contributed by atoms with Crippen LogP contribution in [-0.2, 0) is 4.74 Å². The summed E-state index contributed by atoms with van der Waals surface area (Å²) >= 11 is 2.14. The van der Waals surface area contributed by atoms with Gasteiger partial charge in [0.15, 0.2) is 0 Å². The lowest BCUT2D eigenvalue weighted by Crippen LogP contribution is -2.06. The molecule has 0 fully saturated rings. The maximum absolute atomic E-state index is 11.3. The third-order valence-electron chi connectivity index (χ3n) is 1.77. The SMILES string of the molecule is COC(=O)c1cc(N)cc(I)c1C. The molecule has 0 aromatic heterocycles. The van der Waals surface area contributed by atoms with Crippen LogP contribution in [0.25, 0.3) is 0 Å². The number of rotatable bonds is 1. The molecule has 0 saturated heterocycles. The zero-order valence-corrected chi connectivity index (χ0v) is 9.58. The van der Waals surface area contributed by atoms with E-state index in [2.05, 4.69) is 27.3 Å². The summed E-state index contributed by atoms with van der Waals surface area (Å²) in [5, 5.41) is 0. The smallest absolute Gasteiger partial charge is 0.338 e. The summed E-state index contributed by atoms with van der Waals surface area (Å²) in [7, 11) is 1.36. The Morgan fingerprint density at radius 2 is 2.15 bits per heavy atom. The van der Waals surface area contributed by atoms with E-state index >= 15 is 0 Å². The Kier molecular flexibility index (Phi) is 3.13. The van der Waals surface area contributed by atoms with Gasteiger partial charge in [0, 0.05) is 9.26 Å². The lowest BCUT2D eigenvalue weighted by molar-refractivity contribution is 0.0600. The van der Waals surface area contributed by atoms with Crippen LogP contribution in [0.5, 0.6) is 0 Å². The van der Waals surface area contributed by atoms with Crippen LogP contribution in [-0.4, -0.2) is 13.1 Å². The Morgan fingerprint density at radius 3 is 2.69 bits per heavy atom. The first-order valence-electron chi connectivity index (χ1n) is 3.70. The number of carbonyl (C=O) groups is 1. The molecule has 2 N–H and O–H groups in total. The standard InChI is InChI=1S/C9H10INO2/c1-5-7(9(12)13-2)3-6(11)4-8(5)10/h3-4H,11H2,1-2H3. The number of ether oxygens (including phenoxy) is 1. The Balaban J connectivity index is 3.28. The van der Waals surface area contributed by atoms with Gasteiger partial charge in [-0.15, -0.1) is 0 Å². The average molecular weight is 291 g/mol. The Labute approximate surface area is 90.4 Å². The van der Waals surface area contributed by atoms with Gasteiger partial charge in [0.05, 0.1) is 12.7 Å². The molecular weight excluding hydrogens is 281 g/mol. The van der Waals surface area contributed by atoms with Crippen molar-refractivity contribution in [3.63, 3.8) is 0 Å². The van der Waals surface area contributed by atoms with Gasteiger partial charge in [-0.2, -0.15) is 0 Å². The third kappa shape index (κ3) is 2.12. The van der Waals surface area contributed by atoms with Crippen molar-refractivity contribution in [3.8, 4) is 0 Å². The topological polar surface area (TPSA) is 52.3 Å². The van der Waals surface area contributed by atoms with Crippen LogP contribution in [0.3, 0.4) is 0 Å². The first-order chi connectivity index (χ1) is 6.06. The van der Waals surface area contributed by atoms with Crippen LogP contribution in [0.2, 0.25) is 0 Å². The molecule has 1 aromatic carbocycles. The molecule has 0 aliphatic carbocycles. The van der Waals surface area contributed by atoms with Crippen LogP contribution in [0, 0.1) is 10.5 Å². The number of methoxy groups -OCH3 is 1. The maximum atomic E-state index is 11.3. The van der Waals surface area contributed by atoms with Gasteiger partial charge in [-0.25, -0.2) is 4.79 Å². The van der Waals surface area contributed by atoms with Gasteiger partial charge in [0.2, 0.25) is 0 Å². The fourth-order valence-electron chi connectivity index (χ4n) is 1.02. The summed E-state index contributed by atoms with van der Waals surface area (Å²) in [6, 6.07) is 3.45. The van der Waals surface area contributed by atoms with Crippen molar-refractivity contribution in [2.45, 2.75) is 6.92 Å². The van der Waals surface area contributed by atoms with E-state index in [0.717, 1.165) is 9.13 Å². The predicted molar refractivity (Wildman–Crippen MR) is 59.6 cm³/mol. The van der Waals surface area contributed by atoms with E-state index < -0.39 is 0 Å². The van der Waals surface area contributed by atoms with E-state index in [1.807, 2.05) is 13.0 Å². The van der Waals surface area contributed by atoms with Gasteiger partial charge in [-0.05, 0) is 47.2 Å². The van der Waals surface area contributed by atoms with E-state index in [1.54, 1.807) is 6.07 Å². The molecule has 0 spiro atoms. The van der Waals surface area contributed by atoms with Gasteiger partial charge < -0.3 is 10.5 Å². The van der Waals surface area contributed by atoms with Gasteiger partial charge >= 0.3 is 5.97 Å². The lowest BCUT2D eigenvalue weighted by atomic mass is 10.1. The van der Waals surface area contributed by atoms with Crippen molar-refractivity contribution in [1.29, 1.82) is 0 Å². The van der Waals surface area contributed by atoms with E-state index in [-0.39, 0.29) is 5.97 Å². The lowest BCUT2D eigenvalue weighted by Gasteiger charge is -2.06. The van der Waals surface area contributed by atoms with E-state index in [9.17, 15) is 4.79 Å². The molecule has 0 atom stereocenters. The van der Waals surface area contributed by atoms with Crippen molar-refractivity contribution in [3.05, 3.63) is 26.8 Å². The predicted octanol–water partition coefficient (Wildman–Crippen LogP) is 1.97. The first-order valence-corrected chi connectivity index (χ1v) is 4.78. The molecule has 13 heavy (non-hydrogen) atoms. The molecule has 1 aromatic rings. The normalized spacial score (nSPS) is 9.77. The zero-order valence-electron chi connectivity index (χ0n) is 7.43. The highest BCUT2D eigenvalue weighted by atomic mass is 127. The molecule has 3 nitrogen and oxygen atoms in total. The van der Waals surface area contributed by atoms with Crippen LogP contribution < -0.4 is 5.73 Å². The quantitative estimate of drug-likeness (QED) is 0.489. The molecule has 70 valence electrons. The minimum absolute atomic E-state index is 0.345. The molecule has 0 bridgehead atoms. The van der Waals surface area contributed by atoms with Crippen LogP contribution in [0.15, 0.2) is 12.1 Å². The van der Waals surface area contributed by atoms with Gasteiger partial charge in [0.25, 0.3) is 0 Å². The fourth-order valence-corrected chi connectivity index (χ4v) is 1.67. The van der Waals surface area contributed by atoms with Crippen molar-refractivity contribution in [2.75, 3.05) is 12.8 Å². The van der Waals surface area contributed by atoms with Gasteiger partial charge in [-0.3, -0.25) is 0 Å². The molecule has 0 aliphatic rings. The summed E-state index contributed by atoms with van der Waals surface area (Å²) in [5.41, 5.74) is 7.63. The molecule has 0 saturated carbocycles. The molecule has 0 radical (unpaired) electrons. The molecule has 0 aliphatic heterocycles. The summed E-state index contributed by atoms with van der Waals surface area (Å²) < 4.78 is 5.60. The summed E-state index contributed by atoms with van der Waals surface area (Å²) in [6.07, 6.45) is 0. The molecule has 4 heteroatoms. The summed E-state index contributed by atoms with van der Waals surface area (Å²) in [5.74, 6) is -0.345. The second-order valence-electron chi connectivity index (χ2n) is 2.67. The van der Waals surface area contributed by atoms with E-state index in [4.69, 9.17) is 5.73 Å². The Hall–Kier alpha value is -0.780. The highest BCUT2D eigenvalue weighted by Gasteiger charge is 2.11. The minimum Gasteiger partial charge on any atom is -0.465 e.